The van der Waals surface area contributed by atoms with Crippen LogP contribution in [-0.2, 0) is 11.3 Å². The van der Waals surface area contributed by atoms with Gasteiger partial charge in [0.05, 0.1) is 6.20 Å². The normalized spacial score (nSPS) is 13.2. The van der Waals surface area contributed by atoms with Crippen molar-refractivity contribution in [3.05, 3.63) is 60.6 Å². The lowest BCUT2D eigenvalue weighted by Gasteiger charge is -2.09. The van der Waals surface area contributed by atoms with Crippen molar-refractivity contribution in [1.82, 2.24) is 24.4 Å². The number of ether oxygens (including phenoxy) is 1. The first-order valence-electron chi connectivity index (χ1n) is 10.4. The van der Waals surface area contributed by atoms with Crippen LogP contribution in [-0.4, -0.2) is 36.2 Å². The zero-order valence-electron chi connectivity index (χ0n) is 17.4. The van der Waals surface area contributed by atoms with Crippen LogP contribution in [0.1, 0.15) is 30.3 Å². The van der Waals surface area contributed by atoms with Gasteiger partial charge in [-0.1, -0.05) is 6.07 Å². The molecule has 3 aromatic heterocycles. The maximum Gasteiger partial charge on any atom is 0.273 e. The van der Waals surface area contributed by atoms with Gasteiger partial charge in [-0.05, 0) is 50.1 Å². The van der Waals surface area contributed by atoms with Crippen molar-refractivity contribution < 1.29 is 14.3 Å². The molecule has 2 amide bonds. The molecule has 0 atom stereocenters. The summed E-state index contributed by atoms with van der Waals surface area (Å²) in [5.41, 5.74) is 1.68. The second kappa shape index (κ2) is 8.14. The molecule has 32 heavy (non-hydrogen) atoms. The first kappa shape index (κ1) is 19.7. The van der Waals surface area contributed by atoms with Crippen molar-refractivity contribution in [2.75, 3.05) is 10.6 Å². The third kappa shape index (κ3) is 4.15. The molecular formula is C22H21N7O3. The minimum atomic E-state index is -0.244. The number of anilines is 2. The van der Waals surface area contributed by atoms with Crippen LogP contribution in [0.15, 0.2) is 54.9 Å². The van der Waals surface area contributed by atoms with Crippen molar-refractivity contribution in [3.8, 4) is 11.5 Å². The van der Waals surface area contributed by atoms with Gasteiger partial charge >= 0.3 is 0 Å². The van der Waals surface area contributed by atoms with E-state index in [-0.39, 0.29) is 23.7 Å². The number of carbonyl (C=O) groups is 2. The Balaban J connectivity index is 1.29. The SMILES string of the molecule is CCn1nccc1C(=O)Nc1cccc(Oc2ccc3nc(NC(=O)C4CC4)nn3c2)c1. The van der Waals surface area contributed by atoms with E-state index in [9.17, 15) is 9.59 Å². The summed E-state index contributed by atoms with van der Waals surface area (Å²) in [6.45, 7) is 2.53. The predicted octanol–water partition coefficient (Wildman–Crippen LogP) is 3.34. The molecule has 0 radical (unpaired) electrons. The smallest absolute Gasteiger partial charge is 0.273 e. The highest BCUT2D eigenvalue weighted by Crippen LogP contribution is 2.30. The van der Waals surface area contributed by atoms with Crippen LogP contribution in [0.4, 0.5) is 11.6 Å². The number of nitrogens with zero attached hydrogens (tertiary/aromatic N) is 5. The number of nitrogens with one attached hydrogen (secondary N) is 2. The number of rotatable bonds is 7. The molecule has 4 aromatic rings. The lowest BCUT2D eigenvalue weighted by atomic mass is 10.3. The molecule has 10 nitrogen and oxygen atoms in total. The topological polar surface area (TPSA) is 115 Å². The molecule has 0 aliphatic heterocycles. The Morgan fingerprint density at radius 3 is 2.81 bits per heavy atom. The highest BCUT2D eigenvalue weighted by atomic mass is 16.5. The summed E-state index contributed by atoms with van der Waals surface area (Å²) in [6, 6.07) is 12.3. The summed E-state index contributed by atoms with van der Waals surface area (Å²) in [7, 11) is 0. The maximum absolute atomic E-state index is 12.5. The number of carbonyl (C=O) groups excluding carboxylic acids is 2. The number of hydrogen-bond donors (Lipinski definition) is 2. The average molecular weight is 431 g/mol. The van der Waals surface area contributed by atoms with Crippen LogP contribution < -0.4 is 15.4 Å². The Hall–Kier alpha value is -4.21. The first-order chi connectivity index (χ1) is 15.6. The van der Waals surface area contributed by atoms with E-state index in [2.05, 4.69) is 25.8 Å². The van der Waals surface area contributed by atoms with Crippen molar-refractivity contribution in [3.63, 3.8) is 0 Å². The standard InChI is InChI=1S/C22H21N7O3/c1-2-28-18(10-11-23-28)21(31)24-15-4-3-5-16(12-15)32-17-8-9-19-25-22(27-29(19)13-17)26-20(30)14-6-7-14/h3-5,8-14H,2,6-7H2,1H3,(H,24,31)(H,26,27,30). The van der Waals surface area contributed by atoms with Crippen LogP contribution >= 0.6 is 0 Å². The predicted molar refractivity (Wildman–Crippen MR) is 117 cm³/mol. The van der Waals surface area contributed by atoms with Crippen molar-refractivity contribution in [1.29, 1.82) is 0 Å². The van der Waals surface area contributed by atoms with Crippen molar-refractivity contribution in [2.24, 2.45) is 5.92 Å². The van der Waals surface area contributed by atoms with E-state index >= 15 is 0 Å². The van der Waals surface area contributed by atoms with E-state index in [1.807, 2.05) is 6.92 Å². The highest BCUT2D eigenvalue weighted by Gasteiger charge is 2.30. The number of hydrogen-bond acceptors (Lipinski definition) is 6. The Kier molecular flexibility index (Phi) is 5.02. The quantitative estimate of drug-likeness (QED) is 0.464. The molecular weight excluding hydrogens is 410 g/mol. The lowest BCUT2D eigenvalue weighted by Crippen LogP contribution is -2.17. The number of benzene rings is 1. The van der Waals surface area contributed by atoms with Crippen LogP contribution in [0.2, 0.25) is 0 Å². The van der Waals surface area contributed by atoms with E-state index in [1.165, 1.54) is 0 Å². The minimum Gasteiger partial charge on any atom is -0.456 e. The zero-order valence-corrected chi connectivity index (χ0v) is 17.4. The third-order valence-corrected chi connectivity index (χ3v) is 5.06. The Bertz CT molecular complexity index is 1310. The summed E-state index contributed by atoms with van der Waals surface area (Å²) < 4.78 is 9.12. The second-order valence-corrected chi connectivity index (χ2v) is 7.48. The second-order valence-electron chi connectivity index (χ2n) is 7.48. The number of pyridine rings is 1. The molecule has 3 heterocycles. The van der Waals surface area contributed by atoms with Gasteiger partial charge < -0.3 is 10.1 Å². The molecule has 2 N–H and O–H groups in total. The number of aryl methyl sites for hydroxylation is 1. The summed E-state index contributed by atoms with van der Waals surface area (Å²) in [5, 5.41) is 14.0. The molecule has 10 heteroatoms. The highest BCUT2D eigenvalue weighted by molar-refractivity contribution is 6.03. The fraction of sp³-hybridized carbons (Fsp3) is 0.227. The monoisotopic (exact) mass is 431 g/mol. The number of aromatic nitrogens is 5. The van der Waals surface area contributed by atoms with Gasteiger partial charge in [0.25, 0.3) is 5.91 Å². The van der Waals surface area contributed by atoms with Gasteiger partial charge in [-0.2, -0.15) is 10.1 Å². The Morgan fingerprint density at radius 2 is 2.00 bits per heavy atom. The molecule has 1 aromatic carbocycles. The molecule has 1 saturated carbocycles. The fourth-order valence-electron chi connectivity index (χ4n) is 3.28. The van der Waals surface area contributed by atoms with Gasteiger partial charge in [0.1, 0.15) is 17.2 Å². The molecule has 0 spiro atoms. The number of amides is 2. The Labute approximate surface area is 183 Å². The van der Waals surface area contributed by atoms with Gasteiger partial charge in [0, 0.05) is 30.4 Å². The molecule has 0 saturated heterocycles. The fourth-order valence-corrected chi connectivity index (χ4v) is 3.28. The average Bonchev–Trinajstić information content (AvgIpc) is 3.39. The van der Waals surface area contributed by atoms with Crippen molar-refractivity contribution in [2.45, 2.75) is 26.3 Å². The maximum atomic E-state index is 12.5. The van der Waals surface area contributed by atoms with E-state index in [4.69, 9.17) is 4.74 Å². The molecule has 1 fully saturated rings. The molecule has 0 unspecified atom stereocenters. The van der Waals surface area contributed by atoms with E-state index in [0.717, 1.165) is 12.8 Å². The molecule has 0 bridgehead atoms. The van der Waals surface area contributed by atoms with Crippen LogP contribution in [0.5, 0.6) is 11.5 Å². The largest absolute Gasteiger partial charge is 0.456 e. The van der Waals surface area contributed by atoms with Gasteiger partial charge in [-0.3, -0.25) is 19.6 Å². The van der Waals surface area contributed by atoms with Gasteiger partial charge in [-0.25, -0.2) is 4.52 Å². The molecule has 5 rings (SSSR count). The van der Waals surface area contributed by atoms with Crippen molar-refractivity contribution >= 4 is 29.1 Å². The third-order valence-electron chi connectivity index (χ3n) is 5.06. The Morgan fingerprint density at radius 1 is 1.12 bits per heavy atom. The van der Waals surface area contributed by atoms with E-state index < -0.39 is 0 Å². The summed E-state index contributed by atoms with van der Waals surface area (Å²) in [6.07, 6.45) is 5.11. The summed E-state index contributed by atoms with van der Waals surface area (Å²) in [4.78, 5) is 28.8. The van der Waals surface area contributed by atoms with E-state index in [1.54, 1.807) is 64.1 Å². The zero-order chi connectivity index (χ0) is 22.1. The minimum absolute atomic E-state index is 0.0433. The molecule has 1 aliphatic carbocycles. The number of fused-ring (bicyclic) bond motifs is 1. The van der Waals surface area contributed by atoms with Crippen LogP contribution in [0.3, 0.4) is 0 Å². The van der Waals surface area contributed by atoms with Gasteiger partial charge in [-0.15, -0.1) is 5.10 Å². The van der Waals surface area contributed by atoms with Gasteiger partial charge in [0.2, 0.25) is 11.9 Å². The van der Waals surface area contributed by atoms with E-state index in [0.29, 0.717) is 35.1 Å². The molecule has 1 aliphatic rings. The summed E-state index contributed by atoms with van der Waals surface area (Å²) in [5.74, 6) is 1.15. The first-order valence-corrected chi connectivity index (χ1v) is 10.4. The van der Waals surface area contributed by atoms with Gasteiger partial charge in [0.15, 0.2) is 5.65 Å². The van der Waals surface area contributed by atoms with Crippen LogP contribution in [0, 0.1) is 5.92 Å². The van der Waals surface area contributed by atoms with Crippen LogP contribution in [0.25, 0.3) is 5.65 Å². The summed E-state index contributed by atoms with van der Waals surface area (Å²) >= 11 is 0. The molecule has 162 valence electrons. The lowest BCUT2D eigenvalue weighted by molar-refractivity contribution is -0.117.